The van der Waals surface area contributed by atoms with Gasteiger partial charge in [-0.15, -0.1) is 0 Å². The van der Waals surface area contributed by atoms with Gasteiger partial charge < -0.3 is 19.5 Å². The van der Waals surface area contributed by atoms with Gasteiger partial charge in [0.15, 0.2) is 5.71 Å². The van der Waals surface area contributed by atoms with Gasteiger partial charge in [0, 0.05) is 49.0 Å². The van der Waals surface area contributed by atoms with E-state index in [0.717, 1.165) is 18.2 Å². The SMILES string of the molecule is C\C(=C/C=C/C=C/C(C)=[N+](\CCCS(=O)(=O)O)c1cc(C(=O)OCCCS(=O)(=O)O)cc(C(=O)OCCCS(=O)(=O)O)c1C)N(CCCS(=O)(=O)O)c1cc(S(=O)(=O)O)cc(C(=O)O)c1C. The highest BCUT2D eigenvalue weighted by molar-refractivity contribution is 7.86. The first-order chi connectivity index (χ1) is 30.2. The van der Waals surface area contributed by atoms with E-state index in [1.165, 1.54) is 66.7 Å². The van der Waals surface area contributed by atoms with Gasteiger partial charge >= 0.3 is 17.9 Å². The largest absolute Gasteiger partial charge is 0.478 e. The van der Waals surface area contributed by atoms with E-state index in [4.69, 9.17) is 18.6 Å². The number of anilines is 1. The highest BCUT2D eigenvalue weighted by Gasteiger charge is 2.27. The number of carbonyl (C=O) groups excluding carboxylic acids is 2. The third-order valence-electron chi connectivity index (χ3n) is 9.18. The summed E-state index contributed by atoms with van der Waals surface area (Å²) in [6, 6.07) is 4.11. The van der Waals surface area contributed by atoms with Gasteiger partial charge in [-0.2, -0.15) is 46.7 Å². The van der Waals surface area contributed by atoms with Crippen LogP contribution < -0.4 is 4.90 Å². The molecule has 0 aliphatic carbocycles. The number of nitrogens with zero attached hydrogens (tertiary/aromatic N) is 2. The Morgan fingerprint density at radius 2 is 1.15 bits per heavy atom. The molecule has 368 valence electrons. The number of carboxylic acid groups (broad SMARTS) is 1. The molecule has 0 spiro atoms. The van der Waals surface area contributed by atoms with Gasteiger partial charge in [-0.05, 0) is 69.9 Å². The van der Waals surface area contributed by atoms with Gasteiger partial charge in [0.05, 0.1) is 57.8 Å². The first kappa shape index (κ1) is 57.2. The zero-order valence-corrected chi connectivity index (χ0v) is 40.0. The van der Waals surface area contributed by atoms with Crippen LogP contribution in [0.15, 0.2) is 65.2 Å². The number of carbonyl (C=O) groups is 3. The van der Waals surface area contributed by atoms with Crippen LogP contribution in [0.25, 0.3) is 0 Å². The number of hydrogen-bond acceptors (Lipinski definition) is 16. The molecule has 0 atom stereocenters. The molecule has 0 fully saturated rings. The van der Waals surface area contributed by atoms with Gasteiger partial charge in [0.2, 0.25) is 5.69 Å². The highest BCUT2D eigenvalue weighted by atomic mass is 32.2. The first-order valence-corrected chi connectivity index (χ1v) is 27.1. The summed E-state index contributed by atoms with van der Waals surface area (Å²) in [5.74, 6) is -6.54. The Morgan fingerprint density at radius 1 is 0.636 bits per heavy atom. The van der Waals surface area contributed by atoms with Crippen LogP contribution in [-0.2, 0) is 60.1 Å². The highest BCUT2D eigenvalue weighted by Crippen LogP contribution is 2.31. The summed E-state index contributed by atoms with van der Waals surface area (Å²) in [5, 5.41) is 9.77. The molecule has 0 heterocycles. The van der Waals surface area contributed by atoms with E-state index in [9.17, 15) is 75.2 Å². The Kier molecular flexibility index (Phi) is 21.0. The maximum absolute atomic E-state index is 13.3. The zero-order chi connectivity index (χ0) is 50.4. The number of hydrogen-bond donors (Lipinski definition) is 6. The van der Waals surface area contributed by atoms with Gasteiger partial charge in [-0.1, -0.05) is 18.2 Å². The third kappa shape index (κ3) is 20.3. The molecule has 0 radical (unpaired) electrons. The molecule has 2 aromatic carbocycles. The Hall–Kier alpha value is -4.91. The van der Waals surface area contributed by atoms with Crippen LogP contribution in [0.5, 0.6) is 0 Å². The fourth-order valence-corrected chi connectivity index (χ4v) is 8.51. The van der Waals surface area contributed by atoms with E-state index in [0.29, 0.717) is 11.4 Å². The molecule has 0 aliphatic heterocycles. The van der Waals surface area contributed by atoms with Crippen molar-refractivity contribution in [3.8, 4) is 0 Å². The van der Waals surface area contributed by atoms with Crippen molar-refractivity contribution in [2.24, 2.45) is 0 Å². The van der Waals surface area contributed by atoms with E-state index < -0.39 is 115 Å². The van der Waals surface area contributed by atoms with Gasteiger partial charge in [-0.25, -0.2) is 14.4 Å². The lowest BCUT2D eigenvalue weighted by atomic mass is 10.0. The van der Waals surface area contributed by atoms with Gasteiger partial charge in [0.25, 0.3) is 50.6 Å². The van der Waals surface area contributed by atoms with Crippen LogP contribution in [0.4, 0.5) is 11.4 Å². The second kappa shape index (κ2) is 24.2. The zero-order valence-electron chi connectivity index (χ0n) is 35.9. The summed E-state index contributed by atoms with van der Waals surface area (Å²) < 4.78 is 174. The molecule has 0 unspecified atom stereocenters. The van der Waals surface area contributed by atoms with E-state index in [2.05, 4.69) is 0 Å². The van der Waals surface area contributed by atoms with Crippen LogP contribution in [0, 0.1) is 13.8 Å². The number of allylic oxidation sites excluding steroid dienone is 6. The quantitative estimate of drug-likeness (QED) is 0.0196. The van der Waals surface area contributed by atoms with Crippen molar-refractivity contribution >= 4 is 85.6 Å². The molecule has 0 aromatic heterocycles. The van der Waals surface area contributed by atoms with E-state index in [1.807, 2.05) is 0 Å². The molecule has 0 saturated carbocycles. The van der Waals surface area contributed by atoms with Crippen molar-refractivity contribution in [2.75, 3.05) is 54.2 Å². The predicted molar refractivity (Wildman–Crippen MR) is 239 cm³/mol. The van der Waals surface area contributed by atoms with Crippen molar-refractivity contribution in [1.82, 2.24) is 0 Å². The molecule has 0 amide bonds. The second-order valence-electron chi connectivity index (χ2n) is 14.4. The standard InChI is InChI=1S/C38H50N2O21S5/c1-26(12-6-5-7-13-27(2)40(15-9-19-63(48,49)50)35-25-31(66(57,58)59)24-32(28(35)3)36(41)42)39(14-8-18-62(45,46)47)34-23-30(37(43)60-16-10-20-64(51,52)53)22-33(29(34)4)38(44)61-17-11-21-65(54,55)56/h5-7,12-13,22-25H,8-11,14-21H2,1-4H3,(H5-,41,42,45,46,47,48,49,50,51,52,53,54,55,56,57,58,59)/p+1. The molecule has 0 saturated heterocycles. The van der Waals surface area contributed by atoms with Crippen molar-refractivity contribution in [2.45, 2.75) is 58.3 Å². The molecular formula is C38H51N2O21S5+. The van der Waals surface area contributed by atoms with Gasteiger partial charge in [-0.3, -0.25) is 22.8 Å². The number of aromatic carboxylic acids is 1. The Labute approximate surface area is 382 Å². The van der Waals surface area contributed by atoms with Crippen LogP contribution in [0.2, 0.25) is 0 Å². The predicted octanol–water partition coefficient (Wildman–Crippen LogP) is 3.30. The van der Waals surface area contributed by atoms with Crippen LogP contribution >= 0.6 is 0 Å². The number of carboxylic acids is 1. The minimum absolute atomic E-state index is 0.0267. The van der Waals surface area contributed by atoms with Crippen molar-refractivity contribution in [3.63, 3.8) is 0 Å². The maximum Gasteiger partial charge on any atom is 0.338 e. The van der Waals surface area contributed by atoms with Crippen molar-refractivity contribution in [1.29, 1.82) is 0 Å². The van der Waals surface area contributed by atoms with Gasteiger partial charge in [0.1, 0.15) is 6.54 Å². The molecule has 2 aromatic rings. The molecule has 28 heteroatoms. The van der Waals surface area contributed by atoms with Crippen molar-refractivity contribution in [3.05, 3.63) is 88.2 Å². The minimum Gasteiger partial charge on any atom is -0.478 e. The lowest BCUT2D eigenvalue weighted by Crippen LogP contribution is -2.26. The summed E-state index contributed by atoms with van der Waals surface area (Å²) in [5.41, 5.74) is -0.0924. The van der Waals surface area contributed by atoms with Crippen LogP contribution in [0.3, 0.4) is 0 Å². The molecule has 66 heavy (non-hydrogen) atoms. The summed E-state index contributed by atoms with van der Waals surface area (Å²) >= 11 is 0. The average molecular weight is 1030 g/mol. The Morgan fingerprint density at radius 3 is 1.67 bits per heavy atom. The average Bonchev–Trinajstić information content (AvgIpc) is 3.16. The fourth-order valence-electron chi connectivity index (χ4n) is 6.02. The smallest absolute Gasteiger partial charge is 0.338 e. The lowest BCUT2D eigenvalue weighted by molar-refractivity contribution is -0.440. The topological polar surface area (TPSA) is 368 Å². The summed E-state index contributed by atoms with van der Waals surface area (Å²) in [6.07, 6.45) is 6.38. The monoisotopic (exact) mass is 1030 g/mol. The van der Waals surface area contributed by atoms with E-state index >= 15 is 0 Å². The van der Waals surface area contributed by atoms with Crippen LogP contribution in [0.1, 0.15) is 81.7 Å². The number of esters is 2. The summed E-state index contributed by atoms with van der Waals surface area (Å²) in [6.45, 7) is 4.55. The minimum atomic E-state index is -4.92. The summed E-state index contributed by atoms with van der Waals surface area (Å²) in [7, 11) is -22.6. The fraction of sp³-hybridized carbons (Fsp3) is 0.421. The number of ether oxygens (including phenoxy) is 2. The molecule has 0 bridgehead atoms. The van der Waals surface area contributed by atoms with Crippen molar-refractivity contribution < 1.29 is 98.4 Å². The normalized spacial score (nSPS) is 13.5. The lowest BCUT2D eigenvalue weighted by Gasteiger charge is -2.28. The molecule has 23 nitrogen and oxygen atoms in total. The molecule has 0 aliphatic rings. The Bertz CT molecular complexity index is 2850. The van der Waals surface area contributed by atoms with Crippen LogP contribution in [-0.4, -0.2) is 147 Å². The number of rotatable bonds is 26. The maximum atomic E-state index is 13.3. The molecule has 6 N–H and O–H groups in total. The molecule has 2 rings (SSSR count). The van der Waals surface area contributed by atoms with E-state index in [1.54, 1.807) is 6.92 Å². The third-order valence-corrected chi connectivity index (χ3v) is 13.2. The van der Waals surface area contributed by atoms with E-state index in [-0.39, 0.29) is 72.4 Å². The summed E-state index contributed by atoms with van der Waals surface area (Å²) in [4.78, 5) is 39.2. The number of benzene rings is 2. The molecular weight excluding hydrogens is 981 g/mol. The second-order valence-corrected chi connectivity index (χ2v) is 22.1. The first-order valence-electron chi connectivity index (χ1n) is 19.3. The Balaban J connectivity index is 2.75.